The fraction of sp³-hybridized carbons (Fsp3) is 0.900. The largest absolute Gasteiger partial charge is 0.466 e. The van der Waals surface area contributed by atoms with Gasteiger partial charge in [-0.25, -0.2) is 0 Å². The van der Waals surface area contributed by atoms with Crippen LogP contribution in [0.3, 0.4) is 0 Å². The Hall–Kier alpha value is -0.570. The highest BCUT2D eigenvalue weighted by atomic mass is 16.5. The quantitative estimate of drug-likeness (QED) is 0.674. The van der Waals surface area contributed by atoms with E-state index >= 15 is 0 Å². The van der Waals surface area contributed by atoms with Gasteiger partial charge in [-0.15, -0.1) is 0 Å². The van der Waals surface area contributed by atoms with Crippen LogP contribution in [0.1, 0.15) is 33.1 Å². The van der Waals surface area contributed by atoms with Crippen molar-refractivity contribution in [2.24, 2.45) is 5.41 Å². The zero-order valence-electron chi connectivity index (χ0n) is 8.56. The first kappa shape index (κ1) is 10.5. The predicted molar refractivity (Wildman–Crippen MR) is 51.5 cm³/mol. The number of ether oxygens (including phenoxy) is 1. The maximum absolute atomic E-state index is 11.7. The minimum atomic E-state index is -0.242. The third-order valence-corrected chi connectivity index (χ3v) is 2.86. The van der Waals surface area contributed by atoms with E-state index in [-0.39, 0.29) is 11.4 Å². The predicted octanol–water partition coefficient (Wildman–Crippen LogP) is 1.33. The molecule has 0 aromatic rings. The van der Waals surface area contributed by atoms with Crippen LogP contribution in [-0.2, 0) is 9.53 Å². The first-order chi connectivity index (χ1) is 6.25. The van der Waals surface area contributed by atoms with Gasteiger partial charge in [-0.1, -0.05) is 6.92 Å². The van der Waals surface area contributed by atoms with Crippen LogP contribution >= 0.6 is 0 Å². The zero-order valence-corrected chi connectivity index (χ0v) is 8.56. The van der Waals surface area contributed by atoms with Crippen molar-refractivity contribution in [1.29, 1.82) is 0 Å². The van der Waals surface area contributed by atoms with Crippen molar-refractivity contribution in [2.75, 3.05) is 19.7 Å². The van der Waals surface area contributed by atoms with Gasteiger partial charge in [0.05, 0.1) is 12.0 Å². The van der Waals surface area contributed by atoms with Gasteiger partial charge in [-0.2, -0.15) is 0 Å². The summed E-state index contributed by atoms with van der Waals surface area (Å²) in [5.41, 5.74) is -0.242. The molecule has 1 unspecified atom stereocenters. The second-order valence-electron chi connectivity index (χ2n) is 3.63. The number of carbonyl (C=O) groups excluding carboxylic acids is 1. The van der Waals surface area contributed by atoms with Crippen molar-refractivity contribution in [1.82, 2.24) is 5.32 Å². The fourth-order valence-corrected chi connectivity index (χ4v) is 1.87. The normalized spacial score (nSPS) is 28.5. The monoisotopic (exact) mass is 185 g/mol. The molecule has 3 heteroatoms. The van der Waals surface area contributed by atoms with E-state index in [1.165, 1.54) is 0 Å². The lowest BCUT2D eigenvalue weighted by Crippen LogP contribution is -2.46. The topological polar surface area (TPSA) is 38.3 Å². The van der Waals surface area contributed by atoms with Crippen LogP contribution in [0.15, 0.2) is 0 Å². The first-order valence-corrected chi connectivity index (χ1v) is 5.13. The molecular weight excluding hydrogens is 166 g/mol. The van der Waals surface area contributed by atoms with E-state index in [2.05, 4.69) is 12.2 Å². The third-order valence-electron chi connectivity index (χ3n) is 2.86. The van der Waals surface area contributed by atoms with E-state index in [1.54, 1.807) is 0 Å². The van der Waals surface area contributed by atoms with E-state index in [0.29, 0.717) is 6.61 Å². The molecule has 0 aliphatic carbocycles. The number of carbonyl (C=O) groups is 1. The summed E-state index contributed by atoms with van der Waals surface area (Å²) in [5.74, 6) is -0.0234. The average molecular weight is 185 g/mol. The molecule has 1 saturated heterocycles. The van der Waals surface area contributed by atoms with Gasteiger partial charge in [0.15, 0.2) is 0 Å². The Balaban J connectivity index is 2.61. The molecule has 1 fully saturated rings. The molecule has 0 radical (unpaired) electrons. The molecule has 0 amide bonds. The Morgan fingerprint density at radius 3 is 2.77 bits per heavy atom. The molecule has 0 bridgehead atoms. The molecule has 1 heterocycles. The molecule has 1 aliphatic rings. The number of hydrogen-bond donors (Lipinski definition) is 1. The summed E-state index contributed by atoms with van der Waals surface area (Å²) in [6.07, 6.45) is 2.92. The second kappa shape index (κ2) is 4.61. The highest BCUT2D eigenvalue weighted by Crippen LogP contribution is 2.31. The molecule has 1 atom stereocenters. The summed E-state index contributed by atoms with van der Waals surface area (Å²) >= 11 is 0. The standard InChI is InChI=1S/C10H19NO2/c1-3-10(9(12)13-4-2)6-5-7-11-8-10/h11H,3-8H2,1-2H3. The number of hydrogen-bond acceptors (Lipinski definition) is 3. The van der Waals surface area contributed by atoms with Crippen LogP contribution in [0.5, 0.6) is 0 Å². The van der Waals surface area contributed by atoms with E-state index in [1.807, 2.05) is 6.92 Å². The Morgan fingerprint density at radius 2 is 2.31 bits per heavy atom. The number of esters is 1. The van der Waals surface area contributed by atoms with Gasteiger partial charge >= 0.3 is 5.97 Å². The molecular formula is C10H19NO2. The Morgan fingerprint density at radius 1 is 1.54 bits per heavy atom. The van der Waals surface area contributed by atoms with Gasteiger partial charge in [0.25, 0.3) is 0 Å². The number of piperidine rings is 1. The van der Waals surface area contributed by atoms with Crippen molar-refractivity contribution in [3.63, 3.8) is 0 Å². The molecule has 0 aromatic carbocycles. The lowest BCUT2D eigenvalue weighted by Gasteiger charge is -2.34. The van der Waals surface area contributed by atoms with Crippen LogP contribution < -0.4 is 5.32 Å². The minimum absolute atomic E-state index is 0.0234. The second-order valence-corrected chi connectivity index (χ2v) is 3.63. The molecule has 0 saturated carbocycles. The lowest BCUT2D eigenvalue weighted by molar-refractivity contribution is -0.156. The summed E-state index contributed by atoms with van der Waals surface area (Å²) in [4.78, 5) is 11.7. The van der Waals surface area contributed by atoms with Crippen molar-refractivity contribution < 1.29 is 9.53 Å². The first-order valence-electron chi connectivity index (χ1n) is 5.13. The lowest BCUT2D eigenvalue weighted by atomic mass is 9.78. The molecule has 0 aromatic heterocycles. The zero-order chi connectivity index (χ0) is 9.73. The molecule has 1 rings (SSSR count). The number of nitrogens with one attached hydrogen (secondary N) is 1. The van der Waals surface area contributed by atoms with Crippen LogP contribution in [0.25, 0.3) is 0 Å². The van der Waals surface area contributed by atoms with Gasteiger partial charge in [-0.3, -0.25) is 4.79 Å². The summed E-state index contributed by atoms with van der Waals surface area (Å²) in [5, 5.41) is 3.27. The van der Waals surface area contributed by atoms with Gasteiger partial charge < -0.3 is 10.1 Å². The highest BCUT2D eigenvalue weighted by molar-refractivity contribution is 5.77. The Labute approximate surface area is 79.8 Å². The summed E-state index contributed by atoms with van der Waals surface area (Å²) in [6.45, 7) is 6.21. The van der Waals surface area contributed by atoms with E-state index in [0.717, 1.165) is 32.4 Å². The van der Waals surface area contributed by atoms with Crippen molar-refractivity contribution in [3.05, 3.63) is 0 Å². The Bertz CT molecular complexity index is 174. The minimum Gasteiger partial charge on any atom is -0.466 e. The molecule has 3 nitrogen and oxygen atoms in total. The van der Waals surface area contributed by atoms with Crippen LogP contribution in [0.4, 0.5) is 0 Å². The average Bonchev–Trinajstić information content (AvgIpc) is 2.19. The summed E-state index contributed by atoms with van der Waals surface area (Å²) in [7, 11) is 0. The van der Waals surface area contributed by atoms with Crippen molar-refractivity contribution in [3.8, 4) is 0 Å². The van der Waals surface area contributed by atoms with Crippen molar-refractivity contribution >= 4 is 5.97 Å². The van der Waals surface area contributed by atoms with E-state index in [4.69, 9.17) is 4.74 Å². The van der Waals surface area contributed by atoms with Crippen LogP contribution in [0, 0.1) is 5.41 Å². The van der Waals surface area contributed by atoms with Crippen LogP contribution in [-0.4, -0.2) is 25.7 Å². The van der Waals surface area contributed by atoms with Gasteiger partial charge in [0.2, 0.25) is 0 Å². The van der Waals surface area contributed by atoms with Gasteiger partial charge in [-0.05, 0) is 32.7 Å². The van der Waals surface area contributed by atoms with Crippen molar-refractivity contribution in [2.45, 2.75) is 33.1 Å². The smallest absolute Gasteiger partial charge is 0.313 e. The Kier molecular flexibility index (Phi) is 3.72. The van der Waals surface area contributed by atoms with Gasteiger partial charge in [0, 0.05) is 6.54 Å². The maximum Gasteiger partial charge on any atom is 0.313 e. The summed E-state index contributed by atoms with van der Waals surface area (Å²) in [6, 6.07) is 0. The van der Waals surface area contributed by atoms with E-state index in [9.17, 15) is 4.79 Å². The highest BCUT2D eigenvalue weighted by Gasteiger charge is 2.38. The molecule has 1 N–H and O–H groups in total. The summed E-state index contributed by atoms with van der Waals surface area (Å²) < 4.78 is 5.10. The van der Waals surface area contributed by atoms with Crippen LogP contribution in [0.2, 0.25) is 0 Å². The SMILES string of the molecule is CCOC(=O)C1(CC)CCCNC1. The number of rotatable bonds is 3. The molecule has 13 heavy (non-hydrogen) atoms. The fourth-order valence-electron chi connectivity index (χ4n) is 1.87. The maximum atomic E-state index is 11.7. The van der Waals surface area contributed by atoms with Gasteiger partial charge in [0.1, 0.15) is 0 Å². The molecule has 1 aliphatic heterocycles. The molecule has 76 valence electrons. The van der Waals surface area contributed by atoms with E-state index < -0.39 is 0 Å². The third kappa shape index (κ3) is 2.21. The molecule has 0 spiro atoms.